The van der Waals surface area contributed by atoms with E-state index in [4.69, 9.17) is 15.2 Å². The van der Waals surface area contributed by atoms with Gasteiger partial charge in [0.1, 0.15) is 29.8 Å². The lowest BCUT2D eigenvalue weighted by molar-refractivity contribution is -0.0785. The number of nitrogens with two attached hydrogens (primary N) is 1. The maximum atomic E-state index is 14.9. The fourth-order valence-corrected chi connectivity index (χ4v) is 4.13. The van der Waals surface area contributed by atoms with E-state index in [9.17, 15) is 22.4 Å². The summed E-state index contributed by atoms with van der Waals surface area (Å²) in [6, 6.07) is 3.63. The molecule has 176 valence electrons. The van der Waals surface area contributed by atoms with E-state index in [2.05, 4.69) is 19.7 Å². The van der Waals surface area contributed by atoms with E-state index < -0.39 is 48.3 Å². The molecule has 0 bridgehead atoms. The molecule has 3 heterocycles. The Balaban J connectivity index is 1.62. The Morgan fingerprint density at radius 2 is 2.12 bits per heavy atom. The van der Waals surface area contributed by atoms with Crippen molar-refractivity contribution in [2.75, 3.05) is 19.9 Å². The van der Waals surface area contributed by atoms with Crippen LogP contribution in [0, 0.1) is 11.7 Å². The molecule has 4 rings (SSSR count). The van der Waals surface area contributed by atoms with E-state index in [0.29, 0.717) is 18.6 Å². The normalized spacial score (nSPS) is 24.6. The second-order valence-corrected chi connectivity index (χ2v) is 7.67. The third-order valence-electron chi connectivity index (χ3n) is 5.68. The van der Waals surface area contributed by atoms with E-state index in [-0.39, 0.29) is 30.3 Å². The molecule has 0 aliphatic carbocycles. The highest BCUT2D eigenvalue weighted by Gasteiger charge is 2.51. The van der Waals surface area contributed by atoms with E-state index in [1.807, 2.05) is 0 Å². The van der Waals surface area contributed by atoms with Gasteiger partial charge in [-0.3, -0.25) is 4.79 Å². The number of hydrogen-bond donors (Lipinski definition) is 1. The fraction of sp³-hybridized carbons (Fsp3) is 0.429. The van der Waals surface area contributed by atoms with Crippen LogP contribution in [0.5, 0.6) is 5.88 Å². The lowest BCUT2D eigenvalue weighted by atomic mass is 9.74. The highest BCUT2D eigenvalue weighted by atomic mass is 19.3. The SMILES string of the molecule is NC1=N[C@](CF)(c2cc(CC(=O)c3cnc(OC(F)F)cn3)ccc2F)[C@H]2COCC[C@H]2O1. The molecule has 2 N–H and O–H groups in total. The first-order valence-electron chi connectivity index (χ1n) is 10.1. The number of ketones is 1. The highest BCUT2D eigenvalue weighted by Crippen LogP contribution is 2.44. The fourth-order valence-electron chi connectivity index (χ4n) is 4.13. The number of carbonyl (C=O) groups is 1. The second-order valence-electron chi connectivity index (χ2n) is 7.67. The van der Waals surface area contributed by atoms with Crippen molar-refractivity contribution in [3.05, 3.63) is 53.2 Å². The second kappa shape index (κ2) is 9.30. The van der Waals surface area contributed by atoms with Crippen LogP contribution in [0.2, 0.25) is 0 Å². The number of hydrogen-bond acceptors (Lipinski definition) is 8. The summed E-state index contributed by atoms with van der Waals surface area (Å²) in [6.07, 6.45) is 1.64. The molecular weight excluding hydrogens is 448 g/mol. The number of benzene rings is 1. The first kappa shape index (κ1) is 22.9. The number of aliphatic imine (C=N–C) groups is 1. The number of nitrogens with zero attached hydrogens (tertiary/aromatic N) is 3. The van der Waals surface area contributed by atoms with Crippen LogP contribution in [0.1, 0.15) is 28.0 Å². The van der Waals surface area contributed by atoms with Gasteiger partial charge in [0, 0.05) is 18.4 Å². The van der Waals surface area contributed by atoms with Gasteiger partial charge in [-0.2, -0.15) is 8.78 Å². The lowest BCUT2D eigenvalue weighted by Crippen LogP contribution is -2.54. The zero-order valence-corrected chi connectivity index (χ0v) is 17.2. The van der Waals surface area contributed by atoms with E-state index >= 15 is 0 Å². The standard InChI is InChI=1S/C21H20F4N4O4/c22-10-21(13-9-31-4-3-17(13)32-20(26)29-21)12-5-11(1-2-14(12)23)6-16(30)15-7-28-18(8-27-15)33-19(24)25/h1-2,5,7-8,13,17,19H,3-4,6,9-10H2,(H2,26,29)/t13-,17+,21+/m0/s1. The molecule has 0 amide bonds. The summed E-state index contributed by atoms with van der Waals surface area (Å²) in [5.74, 6) is -2.27. The van der Waals surface area contributed by atoms with Crippen LogP contribution in [-0.4, -0.2) is 54.4 Å². The van der Waals surface area contributed by atoms with Crippen LogP contribution in [-0.2, 0) is 21.4 Å². The molecule has 12 heteroatoms. The minimum Gasteiger partial charge on any atom is -0.462 e. The van der Waals surface area contributed by atoms with Crippen LogP contribution in [0.25, 0.3) is 0 Å². The summed E-state index contributed by atoms with van der Waals surface area (Å²) >= 11 is 0. The molecule has 8 nitrogen and oxygen atoms in total. The van der Waals surface area contributed by atoms with Crippen LogP contribution in [0.3, 0.4) is 0 Å². The minimum atomic E-state index is -3.07. The summed E-state index contributed by atoms with van der Waals surface area (Å²) in [5.41, 5.74) is 4.33. The van der Waals surface area contributed by atoms with Gasteiger partial charge in [0.05, 0.1) is 31.5 Å². The maximum Gasteiger partial charge on any atom is 0.388 e. The summed E-state index contributed by atoms with van der Waals surface area (Å²) < 4.78 is 69.0. The van der Waals surface area contributed by atoms with Crippen molar-refractivity contribution < 1.29 is 36.6 Å². The van der Waals surface area contributed by atoms with Crippen molar-refractivity contribution in [1.82, 2.24) is 9.97 Å². The summed E-state index contributed by atoms with van der Waals surface area (Å²) in [7, 11) is 0. The molecule has 1 fully saturated rings. The van der Waals surface area contributed by atoms with Crippen molar-refractivity contribution in [1.29, 1.82) is 0 Å². The summed E-state index contributed by atoms with van der Waals surface area (Å²) in [6.45, 7) is -3.61. The number of Topliss-reactive ketones (excluding diaryl/α,β-unsaturated/α-hetero) is 1. The van der Waals surface area contributed by atoms with Gasteiger partial charge in [0.25, 0.3) is 6.02 Å². The molecule has 0 saturated carbocycles. The van der Waals surface area contributed by atoms with Crippen LogP contribution < -0.4 is 10.5 Å². The topological polar surface area (TPSA) is 109 Å². The predicted octanol–water partition coefficient (Wildman–Crippen LogP) is 2.56. The Kier molecular flexibility index (Phi) is 6.45. The number of fused-ring (bicyclic) bond motifs is 1. The van der Waals surface area contributed by atoms with E-state index in [1.54, 1.807) is 0 Å². The van der Waals surface area contributed by atoms with Gasteiger partial charge in [-0.05, 0) is 17.7 Å². The average Bonchev–Trinajstić information content (AvgIpc) is 2.79. The molecular formula is C21H20F4N4O4. The number of rotatable bonds is 7. The van der Waals surface area contributed by atoms with Crippen LogP contribution in [0.4, 0.5) is 17.6 Å². The number of alkyl halides is 3. The lowest BCUT2D eigenvalue weighted by Gasteiger charge is -2.45. The molecule has 3 atom stereocenters. The monoisotopic (exact) mass is 468 g/mol. The van der Waals surface area contributed by atoms with Crippen molar-refractivity contribution >= 4 is 11.8 Å². The first-order valence-corrected chi connectivity index (χ1v) is 10.1. The van der Waals surface area contributed by atoms with Gasteiger partial charge in [0.15, 0.2) is 5.78 Å². The quantitative estimate of drug-likeness (QED) is 0.491. The molecule has 2 aliphatic rings. The molecule has 2 aromatic rings. The Hall–Kier alpha value is -3.28. The Bertz CT molecular complexity index is 1050. The molecule has 1 aromatic heterocycles. The average molecular weight is 468 g/mol. The van der Waals surface area contributed by atoms with Gasteiger partial charge in [-0.25, -0.2) is 23.7 Å². The number of aromatic nitrogens is 2. The maximum absolute atomic E-state index is 14.9. The Labute approximate surface area is 185 Å². The van der Waals surface area contributed by atoms with Crippen LogP contribution in [0.15, 0.2) is 35.6 Å². The largest absolute Gasteiger partial charge is 0.462 e. The molecule has 2 aliphatic heterocycles. The number of carbonyl (C=O) groups excluding carboxylic acids is 1. The number of amidine groups is 1. The van der Waals surface area contributed by atoms with Crippen LogP contribution >= 0.6 is 0 Å². The van der Waals surface area contributed by atoms with Crippen molar-refractivity contribution in [3.63, 3.8) is 0 Å². The third-order valence-corrected chi connectivity index (χ3v) is 5.68. The molecule has 0 unspecified atom stereocenters. The first-order chi connectivity index (χ1) is 15.8. The minimum absolute atomic E-state index is 0.0613. The van der Waals surface area contributed by atoms with Gasteiger partial charge >= 0.3 is 6.61 Å². The summed E-state index contributed by atoms with van der Waals surface area (Å²) in [4.78, 5) is 24.1. The summed E-state index contributed by atoms with van der Waals surface area (Å²) in [5, 5.41) is 0. The van der Waals surface area contributed by atoms with Crippen molar-refractivity contribution in [2.45, 2.75) is 31.1 Å². The van der Waals surface area contributed by atoms with E-state index in [1.165, 1.54) is 12.1 Å². The highest BCUT2D eigenvalue weighted by molar-refractivity contribution is 5.95. The van der Waals surface area contributed by atoms with E-state index in [0.717, 1.165) is 18.5 Å². The predicted molar refractivity (Wildman–Crippen MR) is 106 cm³/mol. The smallest absolute Gasteiger partial charge is 0.388 e. The zero-order valence-electron chi connectivity index (χ0n) is 17.2. The van der Waals surface area contributed by atoms with Gasteiger partial charge < -0.3 is 19.9 Å². The molecule has 0 spiro atoms. The van der Waals surface area contributed by atoms with Crippen molar-refractivity contribution in [2.24, 2.45) is 16.6 Å². The third kappa shape index (κ3) is 4.61. The molecule has 1 aromatic carbocycles. The van der Waals surface area contributed by atoms with Gasteiger partial charge in [-0.15, -0.1) is 0 Å². The van der Waals surface area contributed by atoms with Gasteiger partial charge in [0.2, 0.25) is 5.88 Å². The Morgan fingerprint density at radius 1 is 1.30 bits per heavy atom. The molecule has 33 heavy (non-hydrogen) atoms. The Morgan fingerprint density at radius 3 is 2.82 bits per heavy atom. The van der Waals surface area contributed by atoms with Crippen molar-refractivity contribution in [3.8, 4) is 5.88 Å². The number of ether oxygens (including phenoxy) is 3. The van der Waals surface area contributed by atoms with Gasteiger partial charge in [-0.1, -0.05) is 6.07 Å². The molecule has 1 saturated heterocycles. The molecule has 0 radical (unpaired) electrons. The number of halogens is 4. The zero-order chi connectivity index (χ0) is 23.6.